The lowest BCUT2D eigenvalue weighted by molar-refractivity contribution is 0.0702. The van der Waals surface area contributed by atoms with E-state index in [2.05, 4.69) is 54.1 Å². The Hall–Kier alpha value is -4.98. The Labute approximate surface area is 292 Å². The van der Waals surface area contributed by atoms with Crippen LogP contribution >= 0.6 is 22.7 Å². The number of aromatic carboxylic acids is 1. The van der Waals surface area contributed by atoms with E-state index in [4.69, 9.17) is 10.8 Å². The molecular formula is C36H38N8O3S2. The third-order valence-corrected chi connectivity index (χ3v) is 10.3. The van der Waals surface area contributed by atoms with E-state index in [0.717, 1.165) is 74.1 Å². The number of fused-ring (bicyclic) bond motifs is 2. The molecule has 13 heteroatoms. The van der Waals surface area contributed by atoms with Gasteiger partial charge in [0.2, 0.25) is 0 Å². The summed E-state index contributed by atoms with van der Waals surface area (Å²) in [6, 6.07) is 16.1. The van der Waals surface area contributed by atoms with Gasteiger partial charge in [-0.2, -0.15) is 0 Å². The van der Waals surface area contributed by atoms with E-state index >= 15 is 0 Å². The van der Waals surface area contributed by atoms with Gasteiger partial charge in [0.25, 0.3) is 5.91 Å². The topological polar surface area (TPSA) is 150 Å². The second-order valence-corrected chi connectivity index (χ2v) is 14.3. The van der Waals surface area contributed by atoms with Crippen LogP contribution in [0.25, 0.3) is 20.4 Å². The third kappa shape index (κ3) is 8.02. The van der Waals surface area contributed by atoms with Gasteiger partial charge in [-0.1, -0.05) is 0 Å². The first-order chi connectivity index (χ1) is 23.5. The van der Waals surface area contributed by atoms with E-state index in [-0.39, 0.29) is 11.9 Å². The summed E-state index contributed by atoms with van der Waals surface area (Å²) < 4.78 is 0. The average Bonchev–Trinajstić information content (AvgIpc) is 3.68. The number of carboxylic acids is 1. The van der Waals surface area contributed by atoms with Crippen LogP contribution in [0.1, 0.15) is 41.9 Å². The second-order valence-electron chi connectivity index (χ2n) is 12.3. The van der Waals surface area contributed by atoms with Crippen molar-refractivity contribution in [1.29, 1.82) is 0 Å². The number of rotatable bonds is 5. The molecule has 49 heavy (non-hydrogen) atoms. The van der Waals surface area contributed by atoms with Crippen LogP contribution in [0.15, 0.2) is 73.3 Å². The Balaban J connectivity index is 0.000000141. The fraction of sp³-hybridized carbons (Fsp3) is 0.278. The minimum Gasteiger partial charge on any atom is -0.477 e. The maximum absolute atomic E-state index is 12.5. The summed E-state index contributed by atoms with van der Waals surface area (Å²) in [5, 5.41) is 14.0. The number of hydrogen-bond donors (Lipinski definition) is 3. The van der Waals surface area contributed by atoms with Crippen molar-refractivity contribution in [3.05, 3.63) is 106 Å². The summed E-state index contributed by atoms with van der Waals surface area (Å²) in [7, 11) is 0. The molecule has 4 N–H and O–H groups in total. The number of thiophene rings is 2. The summed E-state index contributed by atoms with van der Waals surface area (Å²) >= 11 is 2.68. The Morgan fingerprint density at radius 3 is 1.73 bits per heavy atom. The highest BCUT2D eigenvalue weighted by Crippen LogP contribution is 2.29. The Morgan fingerprint density at radius 2 is 1.27 bits per heavy atom. The van der Waals surface area contributed by atoms with Gasteiger partial charge in [-0.15, -0.1) is 22.7 Å². The van der Waals surface area contributed by atoms with Gasteiger partial charge in [-0.3, -0.25) is 14.8 Å². The van der Waals surface area contributed by atoms with Crippen molar-refractivity contribution in [1.82, 2.24) is 25.3 Å². The van der Waals surface area contributed by atoms with E-state index in [1.807, 2.05) is 63.5 Å². The highest BCUT2D eigenvalue weighted by atomic mass is 32.1. The number of carbonyl (C=O) groups is 2. The van der Waals surface area contributed by atoms with E-state index in [0.29, 0.717) is 10.9 Å². The normalized spacial score (nSPS) is 14.3. The van der Waals surface area contributed by atoms with Gasteiger partial charge in [0.15, 0.2) is 0 Å². The van der Waals surface area contributed by atoms with Crippen LogP contribution in [0.3, 0.4) is 0 Å². The van der Waals surface area contributed by atoms with Crippen molar-refractivity contribution in [2.45, 2.75) is 39.8 Å². The number of aromatic nitrogens is 4. The molecule has 0 unspecified atom stereocenters. The molecule has 1 amide bonds. The van der Waals surface area contributed by atoms with Crippen LogP contribution in [-0.2, 0) is 0 Å². The van der Waals surface area contributed by atoms with Crippen molar-refractivity contribution in [2.24, 2.45) is 5.73 Å². The van der Waals surface area contributed by atoms with Gasteiger partial charge in [-0.05, 0) is 87.4 Å². The van der Waals surface area contributed by atoms with Crippen LogP contribution < -0.4 is 20.9 Å². The third-order valence-electron chi connectivity index (χ3n) is 8.26. The molecule has 0 aromatic carbocycles. The molecule has 252 valence electrons. The highest BCUT2D eigenvalue weighted by molar-refractivity contribution is 7.20. The molecule has 0 aliphatic carbocycles. The first-order valence-electron chi connectivity index (χ1n) is 15.9. The summed E-state index contributed by atoms with van der Waals surface area (Å²) in [4.78, 5) is 47.5. The van der Waals surface area contributed by atoms with E-state index < -0.39 is 5.97 Å². The van der Waals surface area contributed by atoms with Gasteiger partial charge in [-0.25, -0.2) is 14.8 Å². The largest absolute Gasteiger partial charge is 0.477 e. The molecule has 0 spiro atoms. The first-order valence-corrected chi connectivity index (χ1v) is 17.5. The molecule has 8 heterocycles. The smallest absolute Gasteiger partial charge is 0.345 e. The van der Waals surface area contributed by atoms with Gasteiger partial charge in [0, 0.05) is 66.8 Å². The fourth-order valence-corrected chi connectivity index (χ4v) is 7.77. The summed E-state index contributed by atoms with van der Waals surface area (Å²) in [6.45, 7) is 11.5. The van der Waals surface area contributed by atoms with Crippen molar-refractivity contribution >= 4 is 66.4 Å². The molecule has 0 atom stereocenters. The summed E-state index contributed by atoms with van der Waals surface area (Å²) in [5.74, 6) is -0.893. The van der Waals surface area contributed by atoms with Crippen LogP contribution in [-0.4, -0.2) is 75.2 Å². The Morgan fingerprint density at radius 1 is 0.776 bits per heavy atom. The molecular weight excluding hydrogens is 657 g/mol. The molecule has 0 saturated carbocycles. The number of nitrogens with one attached hydrogen (secondary N) is 1. The molecule has 2 fully saturated rings. The van der Waals surface area contributed by atoms with Crippen LogP contribution in [0.2, 0.25) is 0 Å². The minimum atomic E-state index is -0.884. The lowest BCUT2D eigenvalue weighted by Crippen LogP contribution is -2.59. The molecule has 11 nitrogen and oxygen atoms in total. The van der Waals surface area contributed by atoms with Crippen molar-refractivity contribution < 1.29 is 14.7 Å². The zero-order chi connectivity index (χ0) is 34.7. The van der Waals surface area contributed by atoms with Crippen LogP contribution in [0, 0.1) is 27.7 Å². The SMILES string of the molecule is Cc1cc(C)c2cc(C(=O)NC3CN(c4cccnc4)C3)sc2n1.Cc1cc(C)c2cc(C(=O)O)sc2n1.NC1CN(c2cccnc2)C1. The number of carbonyl (C=O) groups excluding carboxylic acids is 1. The highest BCUT2D eigenvalue weighted by Gasteiger charge is 2.29. The predicted octanol–water partition coefficient (Wildman–Crippen LogP) is 5.77. The predicted molar refractivity (Wildman–Crippen MR) is 197 cm³/mol. The van der Waals surface area contributed by atoms with E-state index in [1.54, 1.807) is 18.5 Å². The van der Waals surface area contributed by atoms with E-state index in [9.17, 15) is 9.59 Å². The van der Waals surface area contributed by atoms with Gasteiger partial charge in [0.05, 0.1) is 34.7 Å². The van der Waals surface area contributed by atoms with Gasteiger partial charge >= 0.3 is 5.97 Å². The lowest BCUT2D eigenvalue weighted by Gasteiger charge is -2.40. The summed E-state index contributed by atoms with van der Waals surface area (Å²) in [6.07, 6.45) is 7.26. The fourth-order valence-electron chi connectivity index (χ4n) is 5.72. The number of nitrogens with two attached hydrogens (primary N) is 1. The monoisotopic (exact) mass is 694 g/mol. The van der Waals surface area contributed by atoms with E-state index in [1.165, 1.54) is 33.9 Å². The lowest BCUT2D eigenvalue weighted by atomic mass is 10.1. The average molecular weight is 695 g/mol. The zero-order valence-corrected chi connectivity index (χ0v) is 29.4. The number of aryl methyl sites for hydroxylation is 4. The maximum Gasteiger partial charge on any atom is 0.345 e. The second kappa shape index (κ2) is 14.6. The Bertz CT molecular complexity index is 2090. The number of pyridine rings is 4. The molecule has 2 aliphatic rings. The van der Waals surface area contributed by atoms with Crippen LogP contribution in [0.5, 0.6) is 0 Å². The number of anilines is 2. The number of nitrogens with zero attached hydrogens (tertiary/aromatic N) is 6. The maximum atomic E-state index is 12.5. The molecule has 6 aromatic heterocycles. The number of hydrogen-bond acceptors (Lipinski definition) is 11. The van der Waals surface area contributed by atoms with Crippen molar-refractivity contribution in [2.75, 3.05) is 36.0 Å². The van der Waals surface area contributed by atoms with Crippen LogP contribution in [0.4, 0.5) is 11.4 Å². The molecule has 2 aliphatic heterocycles. The standard InChI is InChI=1S/C18H18N4OS.C10H9NO2S.C8H11N3/c1-11-6-12(2)20-18-15(11)7-16(24-18)17(23)21-13-9-22(10-13)14-4-3-5-19-8-14;1-5-3-6(2)11-9-7(5)4-8(14-9)10(12)13;9-7-5-11(6-7)8-2-1-3-10-4-8/h3-8,13H,9-10H2,1-2H3,(H,21,23);3-4H,1-2H3,(H,12,13);1-4,7H,5-6,9H2. The zero-order valence-electron chi connectivity index (χ0n) is 27.8. The number of carboxylic acid groups (broad SMARTS) is 1. The molecule has 2 saturated heterocycles. The molecule has 0 bridgehead atoms. The quantitative estimate of drug-likeness (QED) is 0.203. The van der Waals surface area contributed by atoms with Gasteiger partial charge in [0.1, 0.15) is 14.5 Å². The Kier molecular flexibility index (Phi) is 10.1. The summed E-state index contributed by atoms with van der Waals surface area (Å²) in [5.41, 5.74) is 12.1. The molecule has 6 aromatic rings. The first kappa shape index (κ1) is 33.9. The van der Waals surface area contributed by atoms with Gasteiger partial charge < -0.3 is 26.0 Å². The minimum absolute atomic E-state index is 0.00844. The molecule has 0 radical (unpaired) electrons. The molecule has 8 rings (SSSR count). The van der Waals surface area contributed by atoms with Crippen molar-refractivity contribution in [3.8, 4) is 0 Å². The van der Waals surface area contributed by atoms with Crippen molar-refractivity contribution in [3.63, 3.8) is 0 Å². The number of amides is 1.